The highest BCUT2D eigenvalue weighted by Gasteiger charge is 2.35. The number of aryl methyl sites for hydroxylation is 1. The third-order valence-electron chi connectivity index (χ3n) is 4.11. The number of fused-ring (bicyclic) bond motifs is 1. The molecule has 0 aliphatic carbocycles. The van der Waals surface area contributed by atoms with Gasteiger partial charge in [-0.3, -0.25) is 4.79 Å². The van der Waals surface area contributed by atoms with Crippen LogP contribution in [0.5, 0.6) is 11.5 Å². The molecule has 4 rings (SSSR count). The van der Waals surface area contributed by atoms with Gasteiger partial charge in [-0.15, -0.1) is 0 Å². The van der Waals surface area contributed by atoms with Crippen molar-refractivity contribution in [3.8, 4) is 11.5 Å². The smallest absolute Gasteiger partial charge is 0.232 e. The maximum atomic E-state index is 12.4. The van der Waals surface area contributed by atoms with Crippen molar-refractivity contribution < 1.29 is 18.8 Å². The highest BCUT2D eigenvalue weighted by molar-refractivity contribution is 5.96. The van der Waals surface area contributed by atoms with Gasteiger partial charge in [0.25, 0.3) is 0 Å². The van der Waals surface area contributed by atoms with Gasteiger partial charge >= 0.3 is 0 Å². The predicted molar refractivity (Wildman–Crippen MR) is 80.8 cm³/mol. The second-order valence-electron chi connectivity index (χ2n) is 5.64. The van der Waals surface area contributed by atoms with Gasteiger partial charge in [-0.2, -0.15) is 4.98 Å². The van der Waals surface area contributed by atoms with Gasteiger partial charge in [0.05, 0.1) is 5.92 Å². The Labute approximate surface area is 133 Å². The normalized spacial score (nSPS) is 20.1. The molecule has 2 aliphatic rings. The molecule has 1 unspecified atom stereocenters. The van der Waals surface area contributed by atoms with Crippen molar-refractivity contribution in [1.29, 1.82) is 0 Å². The van der Waals surface area contributed by atoms with Crippen LogP contribution in [0.1, 0.15) is 31.0 Å². The molecule has 1 amide bonds. The molecule has 0 spiro atoms. The van der Waals surface area contributed by atoms with E-state index in [4.69, 9.17) is 14.0 Å². The van der Waals surface area contributed by atoms with Gasteiger partial charge in [-0.25, -0.2) is 0 Å². The largest absolute Gasteiger partial charge is 0.486 e. The molecule has 0 N–H and O–H groups in total. The zero-order valence-corrected chi connectivity index (χ0v) is 12.8. The Balaban J connectivity index is 1.56. The minimum atomic E-state index is -0.0662. The SMILES string of the molecule is CCc1noc(C2CC(=O)N(c3ccc4c(c3)OCCO4)C2)n1. The number of aromatic nitrogens is 2. The maximum Gasteiger partial charge on any atom is 0.232 e. The van der Waals surface area contributed by atoms with Crippen molar-refractivity contribution >= 4 is 11.6 Å². The van der Waals surface area contributed by atoms with Crippen LogP contribution in [0, 0.1) is 0 Å². The molecule has 2 aromatic rings. The van der Waals surface area contributed by atoms with Crippen LogP contribution >= 0.6 is 0 Å². The zero-order valence-electron chi connectivity index (χ0n) is 12.8. The van der Waals surface area contributed by atoms with Gasteiger partial charge in [-0.05, 0) is 12.1 Å². The number of ether oxygens (including phenoxy) is 2. The Hall–Kier alpha value is -2.57. The fourth-order valence-electron chi connectivity index (χ4n) is 2.90. The molecule has 1 saturated heterocycles. The number of rotatable bonds is 3. The lowest BCUT2D eigenvalue weighted by atomic mass is 10.1. The van der Waals surface area contributed by atoms with E-state index in [1.54, 1.807) is 4.90 Å². The summed E-state index contributed by atoms with van der Waals surface area (Å²) in [5.41, 5.74) is 0.803. The number of nitrogens with zero attached hydrogens (tertiary/aromatic N) is 3. The van der Waals surface area contributed by atoms with Crippen molar-refractivity contribution in [1.82, 2.24) is 10.1 Å². The molecule has 7 nitrogen and oxygen atoms in total. The van der Waals surface area contributed by atoms with Gasteiger partial charge in [0.15, 0.2) is 17.3 Å². The van der Waals surface area contributed by atoms with Gasteiger partial charge < -0.3 is 18.9 Å². The summed E-state index contributed by atoms with van der Waals surface area (Å²) in [7, 11) is 0. The number of carbonyl (C=O) groups is 1. The molecule has 0 radical (unpaired) electrons. The first kappa shape index (κ1) is 14.0. The van der Waals surface area contributed by atoms with E-state index < -0.39 is 0 Å². The van der Waals surface area contributed by atoms with E-state index in [1.165, 1.54) is 0 Å². The maximum absolute atomic E-state index is 12.4. The van der Waals surface area contributed by atoms with Crippen molar-refractivity contribution in [2.45, 2.75) is 25.7 Å². The topological polar surface area (TPSA) is 77.7 Å². The second-order valence-corrected chi connectivity index (χ2v) is 5.64. The Bertz CT molecular complexity index is 743. The zero-order chi connectivity index (χ0) is 15.8. The summed E-state index contributed by atoms with van der Waals surface area (Å²) in [4.78, 5) is 18.4. The molecule has 1 aromatic carbocycles. The summed E-state index contributed by atoms with van der Waals surface area (Å²) in [6.45, 7) is 3.57. The molecule has 23 heavy (non-hydrogen) atoms. The molecule has 120 valence electrons. The lowest BCUT2D eigenvalue weighted by Crippen LogP contribution is -2.24. The van der Waals surface area contributed by atoms with Gasteiger partial charge in [-0.1, -0.05) is 12.1 Å². The number of amides is 1. The van der Waals surface area contributed by atoms with E-state index in [0.29, 0.717) is 49.4 Å². The number of carbonyl (C=O) groups excluding carboxylic acids is 1. The van der Waals surface area contributed by atoms with Crippen LogP contribution in [0.2, 0.25) is 0 Å². The van der Waals surface area contributed by atoms with Crippen molar-refractivity contribution in [2.24, 2.45) is 0 Å². The van der Waals surface area contributed by atoms with Gasteiger partial charge in [0.2, 0.25) is 11.8 Å². The molecule has 7 heteroatoms. The monoisotopic (exact) mass is 315 g/mol. The quantitative estimate of drug-likeness (QED) is 0.861. The first-order valence-corrected chi connectivity index (χ1v) is 7.77. The standard InChI is InChI=1S/C16H17N3O4/c1-2-14-17-16(23-18-14)10-7-15(20)19(9-10)11-3-4-12-13(8-11)22-6-5-21-12/h3-4,8,10H,2,5-7,9H2,1H3. The minimum Gasteiger partial charge on any atom is -0.486 e. The fourth-order valence-corrected chi connectivity index (χ4v) is 2.90. The first-order valence-electron chi connectivity index (χ1n) is 7.77. The van der Waals surface area contributed by atoms with E-state index in [0.717, 1.165) is 12.1 Å². The average molecular weight is 315 g/mol. The third-order valence-corrected chi connectivity index (χ3v) is 4.11. The summed E-state index contributed by atoms with van der Waals surface area (Å²) in [6, 6.07) is 5.56. The second kappa shape index (κ2) is 5.57. The molecular weight excluding hydrogens is 298 g/mol. The summed E-state index contributed by atoms with van der Waals surface area (Å²) >= 11 is 0. The lowest BCUT2D eigenvalue weighted by molar-refractivity contribution is -0.117. The van der Waals surface area contributed by atoms with Crippen LogP contribution in [0.25, 0.3) is 0 Å². The molecule has 1 aromatic heterocycles. The van der Waals surface area contributed by atoms with Gasteiger partial charge in [0.1, 0.15) is 13.2 Å². The Morgan fingerprint density at radius 3 is 2.87 bits per heavy atom. The van der Waals surface area contributed by atoms with Crippen LogP contribution in [0.4, 0.5) is 5.69 Å². The van der Waals surface area contributed by atoms with E-state index in [9.17, 15) is 4.79 Å². The van der Waals surface area contributed by atoms with Gasteiger partial charge in [0, 0.05) is 31.1 Å². The molecule has 0 bridgehead atoms. The lowest BCUT2D eigenvalue weighted by Gasteiger charge is -2.22. The minimum absolute atomic E-state index is 0.0444. The number of anilines is 1. The summed E-state index contributed by atoms with van der Waals surface area (Å²) in [5.74, 6) is 2.58. The predicted octanol–water partition coefficient (Wildman–Crippen LogP) is 1.92. The Morgan fingerprint density at radius 1 is 1.26 bits per heavy atom. The summed E-state index contributed by atoms with van der Waals surface area (Å²) in [6.07, 6.45) is 1.09. The van der Waals surface area contributed by atoms with E-state index in [1.807, 2.05) is 25.1 Å². The van der Waals surface area contributed by atoms with Crippen molar-refractivity contribution in [3.63, 3.8) is 0 Å². The first-order chi connectivity index (χ1) is 11.2. The molecule has 2 aliphatic heterocycles. The summed E-state index contributed by atoms with van der Waals surface area (Å²) in [5, 5.41) is 3.91. The molecule has 3 heterocycles. The van der Waals surface area contributed by atoms with Crippen LogP contribution in [0.3, 0.4) is 0 Å². The number of hydrogen-bond acceptors (Lipinski definition) is 6. The van der Waals surface area contributed by atoms with E-state index >= 15 is 0 Å². The van der Waals surface area contributed by atoms with Crippen LogP contribution in [-0.4, -0.2) is 35.8 Å². The average Bonchev–Trinajstić information content (AvgIpc) is 3.20. The third kappa shape index (κ3) is 2.52. The fraction of sp³-hybridized carbons (Fsp3) is 0.438. The molecule has 1 fully saturated rings. The molecular formula is C16H17N3O4. The molecule has 1 atom stereocenters. The summed E-state index contributed by atoms with van der Waals surface area (Å²) < 4.78 is 16.4. The van der Waals surface area contributed by atoms with Crippen molar-refractivity contribution in [3.05, 3.63) is 29.9 Å². The Kier molecular flexibility index (Phi) is 3.40. The van der Waals surface area contributed by atoms with Crippen LogP contribution < -0.4 is 14.4 Å². The van der Waals surface area contributed by atoms with Crippen LogP contribution in [0.15, 0.2) is 22.7 Å². The van der Waals surface area contributed by atoms with Crippen LogP contribution in [-0.2, 0) is 11.2 Å². The molecule has 0 saturated carbocycles. The Morgan fingerprint density at radius 2 is 2.09 bits per heavy atom. The van der Waals surface area contributed by atoms with E-state index in [2.05, 4.69) is 10.1 Å². The van der Waals surface area contributed by atoms with Crippen molar-refractivity contribution in [2.75, 3.05) is 24.7 Å². The number of benzene rings is 1. The highest BCUT2D eigenvalue weighted by atomic mass is 16.6. The highest BCUT2D eigenvalue weighted by Crippen LogP contribution is 2.37. The number of hydrogen-bond donors (Lipinski definition) is 0. The van der Waals surface area contributed by atoms with E-state index in [-0.39, 0.29) is 11.8 Å².